The second kappa shape index (κ2) is 4.53. The van der Waals surface area contributed by atoms with Gasteiger partial charge in [-0.05, 0) is 17.7 Å². The number of hydrogen-bond acceptors (Lipinski definition) is 2. The van der Waals surface area contributed by atoms with Gasteiger partial charge in [0.1, 0.15) is 5.75 Å². The van der Waals surface area contributed by atoms with Crippen LogP contribution in [0.15, 0.2) is 54.6 Å². The van der Waals surface area contributed by atoms with Crippen molar-refractivity contribution in [2.24, 2.45) is 0 Å². The number of para-hydroxylation sites is 2. The van der Waals surface area contributed by atoms with E-state index >= 15 is 0 Å². The van der Waals surface area contributed by atoms with E-state index in [1.165, 1.54) is 0 Å². The van der Waals surface area contributed by atoms with E-state index < -0.39 is 6.10 Å². The number of carbonyl (C=O) groups excluding carboxylic acids is 1. The third-order valence-electron chi connectivity index (χ3n) is 2.97. The summed E-state index contributed by atoms with van der Waals surface area (Å²) in [6.45, 7) is 0. The molecule has 0 radical (unpaired) electrons. The van der Waals surface area contributed by atoms with E-state index in [1.807, 2.05) is 54.6 Å². The summed E-state index contributed by atoms with van der Waals surface area (Å²) in [5, 5.41) is 2.87. The Kier molecular flexibility index (Phi) is 2.73. The molecule has 18 heavy (non-hydrogen) atoms. The number of carbonyl (C=O) groups is 1. The van der Waals surface area contributed by atoms with E-state index in [4.69, 9.17) is 4.74 Å². The van der Waals surface area contributed by atoms with Crippen molar-refractivity contribution in [3.63, 3.8) is 0 Å². The van der Waals surface area contributed by atoms with Crippen LogP contribution >= 0.6 is 0 Å². The van der Waals surface area contributed by atoms with E-state index in [2.05, 4.69) is 5.32 Å². The molecule has 90 valence electrons. The lowest BCUT2D eigenvalue weighted by Crippen LogP contribution is -2.38. The minimum absolute atomic E-state index is 0.0856. The quantitative estimate of drug-likeness (QED) is 0.874. The van der Waals surface area contributed by atoms with Crippen LogP contribution in [0.2, 0.25) is 0 Å². The monoisotopic (exact) mass is 239 g/mol. The van der Waals surface area contributed by atoms with Crippen LogP contribution in [0.5, 0.6) is 5.75 Å². The van der Waals surface area contributed by atoms with Gasteiger partial charge in [0, 0.05) is 6.42 Å². The van der Waals surface area contributed by atoms with E-state index in [1.54, 1.807) is 0 Å². The molecule has 1 atom stereocenters. The fraction of sp³-hybridized carbons (Fsp3) is 0.133. The summed E-state index contributed by atoms with van der Waals surface area (Å²) in [5.74, 6) is 0.649. The molecule has 1 N–H and O–H groups in total. The van der Waals surface area contributed by atoms with Crippen LogP contribution in [0.1, 0.15) is 5.56 Å². The molecule has 0 saturated heterocycles. The number of anilines is 1. The number of benzene rings is 2. The zero-order chi connectivity index (χ0) is 12.4. The van der Waals surface area contributed by atoms with Crippen molar-refractivity contribution in [2.75, 3.05) is 5.32 Å². The maximum atomic E-state index is 11.9. The summed E-state index contributed by atoms with van der Waals surface area (Å²) < 4.78 is 5.74. The smallest absolute Gasteiger partial charge is 0.265 e. The molecule has 0 fully saturated rings. The first-order valence-corrected chi connectivity index (χ1v) is 5.93. The molecule has 1 heterocycles. The van der Waals surface area contributed by atoms with Gasteiger partial charge in [-0.15, -0.1) is 0 Å². The van der Waals surface area contributed by atoms with Crippen LogP contribution in [0.25, 0.3) is 0 Å². The molecule has 0 aliphatic carbocycles. The standard InChI is InChI=1S/C15H13NO2/c17-15-14(10-11-6-2-1-3-7-11)18-13-9-5-4-8-12(13)16-15/h1-9,14H,10H2,(H,16,17). The molecule has 1 aliphatic heterocycles. The zero-order valence-electron chi connectivity index (χ0n) is 9.80. The van der Waals surface area contributed by atoms with E-state index in [0.29, 0.717) is 6.42 Å². The van der Waals surface area contributed by atoms with Gasteiger partial charge >= 0.3 is 0 Å². The minimum atomic E-state index is -0.456. The molecule has 1 unspecified atom stereocenters. The Labute approximate surface area is 105 Å². The summed E-state index contributed by atoms with van der Waals surface area (Å²) in [4.78, 5) is 11.9. The topological polar surface area (TPSA) is 38.3 Å². The van der Waals surface area contributed by atoms with Gasteiger partial charge in [0.05, 0.1) is 5.69 Å². The third-order valence-corrected chi connectivity index (χ3v) is 2.97. The summed E-state index contributed by atoms with van der Waals surface area (Å²) in [6, 6.07) is 17.4. The van der Waals surface area contributed by atoms with Crippen LogP contribution < -0.4 is 10.1 Å². The molecule has 1 aliphatic rings. The van der Waals surface area contributed by atoms with Crippen molar-refractivity contribution in [3.05, 3.63) is 60.2 Å². The summed E-state index contributed by atoms with van der Waals surface area (Å²) in [5.41, 5.74) is 1.84. The third kappa shape index (κ3) is 2.07. The molecule has 0 saturated carbocycles. The van der Waals surface area contributed by atoms with Crippen molar-refractivity contribution < 1.29 is 9.53 Å². The van der Waals surface area contributed by atoms with Crippen LogP contribution in [-0.4, -0.2) is 12.0 Å². The van der Waals surface area contributed by atoms with Crippen LogP contribution in [0.4, 0.5) is 5.69 Å². The van der Waals surface area contributed by atoms with Gasteiger partial charge in [-0.25, -0.2) is 0 Å². The van der Waals surface area contributed by atoms with Gasteiger partial charge in [-0.2, -0.15) is 0 Å². The Morgan fingerprint density at radius 1 is 1.00 bits per heavy atom. The van der Waals surface area contributed by atoms with E-state index in [0.717, 1.165) is 17.0 Å². The Balaban J connectivity index is 1.81. The van der Waals surface area contributed by atoms with Gasteiger partial charge in [0.2, 0.25) is 0 Å². The van der Waals surface area contributed by atoms with Gasteiger partial charge < -0.3 is 10.1 Å². The Bertz CT molecular complexity index is 566. The summed E-state index contributed by atoms with van der Waals surface area (Å²) in [7, 11) is 0. The maximum Gasteiger partial charge on any atom is 0.265 e. The molecule has 3 rings (SSSR count). The lowest BCUT2D eigenvalue weighted by molar-refractivity contribution is -0.123. The fourth-order valence-electron chi connectivity index (χ4n) is 2.06. The number of rotatable bonds is 2. The second-order valence-electron chi connectivity index (χ2n) is 4.28. The molecular weight excluding hydrogens is 226 g/mol. The number of fused-ring (bicyclic) bond motifs is 1. The lowest BCUT2D eigenvalue weighted by Gasteiger charge is -2.25. The predicted octanol–water partition coefficient (Wildman–Crippen LogP) is 2.63. The van der Waals surface area contributed by atoms with Gasteiger partial charge in [-0.3, -0.25) is 4.79 Å². The van der Waals surface area contributed by atoms with E-state index in [9.17, 15) is 4.79 Å². The SMILES string of the molecule is O=C1Nc2ccccc2OC1Cc1ccccc1. The van der Waals surface area contributed by atoms with Crippen molar-refractivity contribution in [1.29, 1.82) is 0 Å². The second-order valence-corrected chi connectivity index (χ2v) is 4.28. The van der Waals surface area contributed by atoms with Crippen molar-refractivity contribution in [3.8, 4) is 5.75 Å². The van der Waals surface area contributed by atoms with Gasteiger partial charge in [0.15, 0.2) is 6.10 Å². The van der Waals surface area contributed by atoms with Crippen LogP contribution in [-0.2, 0) is 11.2 Å². The number of ether oxygens (including phenoxy) is 1. The summed E-state index contributed by atoms with van der Waals surface area (Å²) in [6.07, 6.45) is 0.128. The highest BCUT2D eigenvalue weighted by atomic mass is 16.5. The fourth-order valence-corrected chi connectivity index (χ4v) is 2.06. The highest BCUT2D eigenvalue weighted by molar-refractivity contribution is 5.97. The molecule has 0 aromatic heterocycles. The van der Waals surface area contributed by atoms with E-state index in [-0.39, 0.29) is 5.91 Å². The number of nitrogens with one attached hydrogen (secondary N) is 1. The molecular formula is C15H13NO2. The molecule has 0 spiro atoms. The zero-order valence-corrected chi connectivity index (χ0v) is 9.80. The van der Waals surface area contributed by atoms with Crippen molar-refractivity contribution >= 4 is 11.6 Å². The molecule has 3 nitrogen and oxygen atoms in total. The largest absolute Gasteiger partial charge is 0.478 e. The van der Waals surface area contributed by atoms with Crippen LogP contribution in [0.3, 0.4) is 0 Å². The highest BCUT2D eigenvalue weighted by Gasteiger charge is 2.27. The first-order chi connectivity index (χ1) is 8.83. The Morgan fingerprint density at radius 3 is 2.56 bits per heavy atom. The normalized spacial score (nSPS) is 17.6. The molecule has 0 bridgehead atoms. The predicted molar refractivity (Wildman–Crippen MR) is 69.6 cm³/mol. The average molecular weight is 239 g/mol. The number of hydrogen-bond donors (Lipinski definition) is 1. The maximum absolute atomic E-state index is 11.9. The molecule has 2 aromatic carbocycles. The molecule has 2 aromatic rings. The Morgan fingerprint density at radius 2 is 1.72 bits per heavy atom. The molecule has 1 amide bonds. The first kappa shape index (κ1) is 10.8. The molecule has 3 heteroatoms. The van der Waals surface area contributed by atoms with Crippen LogP contribution in [0, 0.1) is 0 Å². The first-order valence-electron chi connectivity index (χ1n) is 5.93. The number of amides is 1. The minimum Gasteiger partial charge on any atom is -0.478 e. The van der Waals surface area contributed by atoms with Gasteiger partial charge in [-0.1, -0.05) is 42.5 Å². The summed E-state index contributed by atoms with van der Waals surface area (Å²) >= 11 is 0. The average Bonchev–Trinajstić information content (AvgIpc) is 2.41. The van der Waals surface area contributed by atoms with Crippen molar-refractivity contribution in [2.45, 2.75) is 12.5 Å². The highest BCUT2D eigenvalue weighted by Crippen LogP contribution is 2.29. The van der Waals surface area contributed by atoms with Crippen molar-refractivity contribution in [1.82, 2.24) is 0 Å². The van der Waals surface area contributed by atoms with Gasteiger partial charge in [0.25, 0.3) is 5.91 Å². The lowest BCUT2D eigenvalue weighted by atomic mass is 10.1. The Hall–Kier alpha value is -2.29.